The van der Waals surface area contributed by atoms with E-state index in [0.29, 0.717) is 0 Å². The van der Waals surface area contributed by atoms with E-state index in [0.717, 1.165) is 0 Å². The zero-order valence-electron chi connectivity index (χ0n) is 4.85. The minimum absolute atomic E-state index is 0. The van der Waals surface area contributed by atoms with Gasteiger partial charge >= 0.3 is 0 Å². The molecule has 0 bridgehead atoms. The van der Waals surface area contributed by atoms with Crippen molar-refractivity contribution in [2.75, 3.05) is 0 Å². The molecular weight excluding hydrogens is 341 g/mol. The van der Waals surface area contributed by atoms with Crippen LogP contribution >= 0.6 is 0 Å². The van der Waals surface area contributed by atoms with Crippen molar-refractivity contribution < 1.29 is 18.1 Å². The van der Waals surface area contributed by atoms with Gasteiger partial charge in [0.25, 0.3) is 10.1 Å². The van der Waals surface area contributed by atoms with Crippen molar-refractivity contribution in [1.29, 1.82) is 0 Å². The van der Waals surface area contributed by atoms with Gasteiger partial charge in [-0.3, -0.25) is 4.55 Å². The first-order valence-electron chi connectivity index (χ1n) is 2.13. The van der Waals surface area contributed by atoms with E-state index >= 15 is 0 Å². The molecule has 0 spiro atoms. The van der Waals surface area contributed by atoms with Gasteiger partial charge in [-0.1, -0.05) is 6.92 Å². The molecule has 0 aromatic carbocycles. The molecule has 1 atom stereocenters. The molecule has 0 aromatic rings. The summed E-state index contributed by atoms with van der Waals surface area (Å²) in [4.78, 5) is 0. The first kappa shape index (κ1) is 12.4. The monoisotopic (exact) mass is 349 g/mol. The first-order valence-corrected chi connectivity index (χ1v) is 3.63. The maximum atomic E-state index is 9.87. The van der Waals surface area contributed by atoms with Gasteiger partial charge < -0.3 is 5.11 Å². The van der Waals surface area contributed by atoms with Crippen LogP contribution in [0.1, 0.15) is 13.3 Å². The summed E-state index contributed by atoms with van der Waals surface area (Å²) in [6.07, 6.45) is 0.0127. The minimum atomic E-state index is -4.20. The Balaban J connectivity index is 0. The van der Waals surface area contributed by atoms with Gasteiger partial charge in [0.05, 0.1) is 0 Å². The van der Waals surface area contributed by atoms with Crippen molar-refractivity contribution >= 4 is 36.3 Å². The van der Waals surface area contributed by atoms with Crippen LogP contribution in [0.3, 0.4) is 0 Å². The number of aliphatic hydroxyl groups is 1. The topological polar surface area (TPSA) is 74.6 Å². The van der Waals surface area contributed by atoms with Crippen molar-refractivity contribution in [3.63, 3.8) is 0 Å². The summed E-state index contributed by atoms with van der Waals surface area (Å²) in [7, 11) is -4.20. The van der Waals surface area contributed by atoms with Gasteiger partial charge in [0, 0.05) is 26.2 Å². The second kappa shape index (κ2) is 4.55. The van der Waals surface area contributed by atoms with Crippen LogP contribution in [0.2, 0.25) is 0 Å². The van der Waals surface area contributed by atoms with E-state index < -0.39 is 15.6 Å². The van der Waals surface area contributed by atoms with E-state index in [1.54, 1.807) is 0 Å². The van der Waals surface area contributed by atoms with Gasteiger partial charge in [0.1, 0.15) is 0 Å². The summed E-state index contributed by atoms with van der Waals surface area (Å²) in [5.41, 5.74) is -1.62. The van der Waals surface area contributed by atoms with Crippen LogP contribution in [0.4, 0.5) is 0 Å². The summed E-state index contributed by atoms with van der Waals surface area (Å²) in [5, 5.41) is 8.36. The molecule has 55 valence electrons. The van der Waals surface area contributed by atoms with E-state index in [2.05, 4.69) is 0 Å². The van der Waals surface area contributed by atoms with Crippen LogP contribution in [-0.2, 0) is 10.1 Å². The van der Waals surface area contributed by atoms with E-state index in [4.69, 9.17) is 9.66 Å². The van der Waals surface area contributed by atoms with Gasteiger partial charge in [-0.25, -0.2) is 0 Å². The summed E-state index contributed by atoms with van der Waals surface area (Å²) in [6.45, 7) is 1.46. The summed E-state index contributed by atoms with van der Waals surface area (Å²) >= 11 is 0. The Kier molecular flexibility index (Phi) is 6.29. The van der Waals surface area contributed by atoms with E-state index in [1.807, 2.05) is 0 Å². The second-order valence-electron chi connectivity index (χ2n) is 1.38. The van der Waals surface area contributed by atoms with Crippen molar-refractivity contribution in [2.24, 2.45) is 0 Å². The van der Waals surface area contributed by atoms with Crippen LogP contribution in [0, 0.1) is 0 Å². The average molecular weight is 349 g/mol. The molecule has 9 heavy (non-hydrogen) atoms. The summed E-state index contributed by atoms with van der Waals surface area (Å²) in [5.74, 6) is 0. The van der Waals surface area contributed by atoms with Crippen LogP contribution in [0.15, 0.2) is 0 Å². The molecule has 2 N–H and O–H groups in total. The minimum Gasteiger partial charge on any atom is -0.375 e. The maximum Gasteiger partial charge on any atom is 0.291 e. The quantitative estimate of drug-likeness (QED) is 0.507. The molecule has 0 aliphatic rings. The smallest absolute Gasteiger partial charge is 0.291 e. The summed E-state index contributed by atoms with van der Waals surface area (Å²) < 4.78 is 27.7. The Morgan fingerprint density at radius 1 is 1.56 bits per heavy atom. The van der Waals surface area contributed by atoms with Crippen molar-refractivity contribution in [2.45, 2.75) is 18.8 Å². The second-order valence-corrected chi connectivity index (χ2v) is 2.95. The molecule has 0 saturated heterocycles. The Bertz CT molecular complexity index is 151. The fourth-order valence-corrected chi connectivity index (χ4v) is 0.632. The van der Waals surface area contributed by atoms with E-state index in [9.17, 15) is 8.42 Å². The zero-order chi connectivity index (χ0) is 6.78. The molecule has 1 unspecified atom stereocenters. The zero-order valence-corrected chi connectivity index (χ0v) is 9.14. The molecule has 3 radical (unpaired) electrons. The Morgan fingerprint density at radius 3 is 1.89 bits per heavy atom. The molecule has 0 aliphatic carbocycles. The van der Waals surface area contributed by atoms with Gasteiger partial charge in [0.2, 0.25) is 0 Å². The fraction of sp³-hybridized carbons (Fsp3) is 1.00. The predicted octanol–water partition coefficient (Wildman–Crippen LogP) is -0.778. The molecule has 0 aromatic heterocycles. The van der Waals surface area contributed by atoms with E-state index in [1.165, 1.54) is 6.92 Å². The third-order valence-electron chi connectivity index (χ3n) is 0.693. The molecule has 4 nitrogen and oxygen atoms in total. The largest absolute Gasteiger partial charge is 0.375 e. The third-order valence-corrected chi connectivity index (χ3v) is 1.71. The van der Waals surface area contributed by atoms with Gasteiger partial charge in [-0.05, 0) is 6.42 Å². The molecule has 0 saturated carbocycles. The normalized spacial score (nSPS) is 14.1. The maximum absolute atomic E-state index is 9.87. The van der Waals surface area contributed by atoms with Crippen molar-refractivity contribution in [3.05, 3.63) is 0 Å². The van der Waals surface area contributed by atoms with Crippen molar-refractivity contribution in [1.82, 2.24) is 0 Å². The Morgan fingerprint density at radius 2 is 1.89 bits per heavy atom. The summed E-state index contributed by atoms with van der Waals surface area (Å²) in [6, 6.07) is 0. The number of rotatable bonds is 2. The van der Waals surface area contributed by atoms with Crippen LogP contribution < -0.4 is 0 Å². The fourth-order valence-electron chi connectivity index (χ4n) is 0.211. The molecular formula is C3H8BiO4S. The SMILES string of the molecule is CCC(O)S(=O)(=O)O.[Bi]. The molecule has 0 heterocycles. The van der Waals surface area contributed by atoms with Crippen LogP contribution in [-0.4, -0.2) is 49.7 Å². The van der Waals surface area contributed by atoms with Gasteiger partial charge in [-0.2, -0.15) is 8.42 Å². The van der Waals surface area contributed by atoms with Gasteiger partial charge in [0.15, 0.2) is 5.44 Å². The number of aliphatic hydroxyl groups excluding tert-OH is 1. The molecule has 0 fully saturated rings. The van der Waals surface area contributed by atoms with Crippen molar-refractivity contribution in [3.8, 4) is 0 Å². The Labute approximate surface area is 73.1 Å². The first-order chi connectivity index (χ1) is 3.48. The van der Waals surface area contributed by atoms with E-state index in [-0.39, 0.29) is 32.6 Å². The molecule has 6 heteroatoms. The molecule has 0 rings (SSSR count). The van der Waals surface area contributed by atoms with Crippen LogP contribution in [0.5, 0.6) is 0 Å². The molecule has 0 aliphatic heterocycles. The average Bonchev–Trinajstić information content (AvgIpc) is 1.62. The predicted molar refractivity (Wildman–Crippen MR) is 33.6 cm³/mol. The van der Waals surface area contributed by atoms with Crippen LogP contribution in [0.25, 0.3) is 0 Å². The molecule has 0 amide bonds. The standard InChI is InChI=1S/C3H8O4S.Bi/c1-2-3(4)8(5,6)7;/h3-4H,2H2,1H3,(H,5,6,7);. The number of hydrogen-bond donors (Lipinski definition) is 2. The third kappa shape index (κ3) is 5.21. The Hall–Kier alpha value is 0.753. The van der Waals surface area contributed by atoms with Gasteiger partial charge in [-0.15, -0.1) is 0 Å². The number of hydrogen-bond acceptors (Lipinski definition) is 3.